The van der Waals surface area contributed by atoms with Gasteiger partial charge in [0.25, 0.3) is 0 Å². The second-order valence-electron chi connectivity index (χ2n) is 4.81. The summed E-state index contributed by atoms with van der Waals surface area (Å²) >= 11 is 1.60. The lowest BCUT2D eigenvalue weighted by atomic mass is 9.99. The molecule has 1 aliphatic heterocycles. The highest BCUT2D eigenvalue weighted by Gasteiger charge is 2.55. The minimum atomic E-state index is -0.250. The Balaban J connectivity index is 0.000000561. The topological polar surface area (TPSA) is 38.4 Å². The van der Waals surface area contributed by atoms with E-state index < -0.39 is 0 Å². The Morgan fingerprint density at radius 1 is 1.27 bits per heavy atom. The van der Waals surface area contributed by atoms with E-state index in [4.69, 9.17) is 12.2 Å². The predicted octanol–water partition coefficient (Wildman–Crippen LogP) is 3.72. The van der Waals surface area contributed by atoms with Crippen molar-refractivity contribution in [2.45, 2.75) is 18.2 Å². The Morgan fingerprint density at radius 2 is 1.91 bits per heavy atom. The maximum atomic E-state index is 14.0. The van der Waals surface area contributed by atoms with E-state index in [-0.39, 0.29) is 11.9 Å². The monoisotopic (exact) mass is 328 g/mol. The minimum absolute atomic E-state index is 0.181. The average molecular weight is 328 g/mol. The van der Waals surface area contributed by atoms with Crippen molar-refractivity contribution in [2.75, 3.05) is 14.4 Å². The van der Waals surface area contributed by atoms with Crippen LogP contribution in [0.4, 0.5) is 13.2 Å². The summed E-state index contributed by atoms with van der Waals surface area (Å²) in [4.78, 5) is 4.41. The number of thioether (sulfide) groups is 1. The Bertz CT molecular complexity index is 583. The minimum Gasteiger partial charge on any atom is -0.379 e. The van der Waals surface area contributed by atoms with Gasteiger partial charge in [-0.15, -0.1) is 6.42 Å². The van der Waals surface area contributed by atoms with Crippen molar-refractivity contribution in [2.24, 2.45) is 22.6 Å². The fraction of sp³-hybridized carbons (Fsp3) is 0.438. The Hall–Kier alpha value is -1.61. The van der Waals surface area contributed by atoms with Gasteiger partial charge in [-0.25, -0.2) is 4.39 Å². The first kappa shape index (κ1) is 18.4. The number of nitrogens with two attached hydrogens (primary N) is 1. The van der Waals surface area contributed by atoms with Crippen molar-refractivity contribution >= 4 is 16.9 Å². The fourth-order valence-corrected chi connectivity index (χ4v) is 3.95. The zero-order valence-corrected chi connectivity index (χ0v) is 13.5. The van der Waals surface area contributed by atoms with Gasteiger partial charge in [0.2, 0.25) is 0 Å². The van der Waals surface area contributed by atoms with E-state index in [2.05, 4.69) is 17.8 Å². The molecule has 6 heteroatoms. The van der Waals surface area contributed by atoms with E-state index in [1.54, 1.807) is 23.9 Å². The summed E-state index contributed by atoms with van der Waals surface area (Å²) in [6.07, 6.45) is 5.36. The normalized spacial score (nSPS) is 27.8. The molecule has 0 saturated heterocycles. The molecule has 1 heterocycles. The summed E-state index contributed by atoms with van der Waals surface area (Å²) in [5.74, 6) is 3.19. The van der Waals surface area contributed by atoms with Gasteiger partial charge in [0.15, 0.2) is 5.17 Å². The number of alkyl halides is 2. The second kappa shape index (κ2) is 8.14. The summed E-state index contributed by atoms with van der Waals surface area (Å²) < 4.78 is 33.0. The third-order valence-corrected chi connectivity index (χ3v) is 5.10. The Kier molecular flexibility index (Phi) is 6.82. The molecule has 3 rings (SSSR count). The molecule has 4 atom stereocenters. The van der Waals surface area contributed by atoms with E-state index in [0.29, 0.717) is 47.7 Å². The van der Waals surface area contributed by atoms with Crippen molar-refractivity contribution in [3.63, 3.8) is 0 Å². The number of terminal acetylenes is 1. The highest BCUT2D eigenvalue weighted by molar-refractivity contribution is 8.14. The van der Waals surface area contributed by atoms with Crippen LogP contribution in [0.5, 0.6) is 0 Å². The third kappa shape index (κ3) is 3.58. The van der Waals surface area contributed by atoms with Crippen LogP contribution in [-0.2, 0) is 0 Å². The van der Waals surface area contributed by atoms with Crippen LogP contribution in [0, 0.1) is 30.0 Å². The lowest BCUT2D eigenvalue weighted by Crippen LogP contribution is -2.17. The SMILES string of the molecule is C#Cc1ccc(F)c(C2N=C(N)SC3C2[C@@H]3C)c1.CF.CF. The van der Waals surface area contributed by atoms with Gasteiger partial charge in [0.05, 0.1) is 20.4 Å². The summed E-state index contributed by atoms with van der Waals surface area (Å²) in [6, 6.07) is 4.56. The van der Waals surface area contributed by atoms with Gasteiger partial charge >= 0.3 is 0 Å². The van der Waals surface area contributed by atoms with Crippen molar-refractivity contribution in [3.8, 4) is 12.3 Å². The van der Waals surface area contributed by atoms with Gasteiger partial charge in [-0.3, -0.25) is 13.8 Å². The molecule has 1 aromatic carbocycles. The van der Waals surface area contributed by atoms with Crippen LogP contribution in [0.3, 0.4) is 0 Å². The molecule has 2 aliphatic rings. The first-order valence-corrected chi connectivity index (χ1v) is 7.51. The number of aliphatic imine (C=N–C) groups is 1. The molecule has 3 unspecified atom stereocenters. The highest BCUT2D eigenvalue weighted by Crippen LogP contribution is 2.58. The summed E-state index contributed by atoms with van der Waals surface area (Å²) in [6.45, 7) is 2.16. The standard InChI is InChI=1S/C14H13FN2S.2CH3F/c1-3-8-4-5-10(15)9(6-8)12-11-7(2)13(11)18-14(16)17-12;2*1-2/h1,4-7,11-13H,2H3,(H2,16,17);2*1H3/t7-,11?,12?,13?;;/m0../s1. The molecule has 1 fully saturated rings. The lowest BCUT2D eigenvalue weighted by molar-refractivity contribution is 0.538. The van der Waals surface area contributed by atoms with Gasteiger partial charge in [-0.05, 0) is 24.1 Å². The van der Waals surface area contributed by atoms with Gasteiger partial charge in [0, 0.05) is 22.3 Å². The van der Waals surface area contributed by atoms with Crippen LogP contribution >= 0.6 is 11.8 Å². The smallest absolute Gasteiger partial charge is 0.154 e. The molecule has 1 aliphatic carbocycles. The Morgan fingerprint density at radius 3 is 2.50 bits per heavy atom. The first-order valence-electron chi connectivity index (χ1n) is 6.63. The second-order valence-corrected chi connectivity index (χ2v) is 6.01. The molecule has 2 nitrogen and oxygen atoms in total. The molecular formula is C16H19F3N2S. The lowest BCUT2D eigenvalue weighted by Gasteiger charge is -2.18. The summed E-state index contributed by atoms with van der Waals surface area (Å²) in [5, 5.41) is 1.03. The highest BCUT2D eigenvalue weighted by atomic mass is 32.2. The maximum absolute atomic E-state index is 14.0. The van der Waals surface area contributed by atoms with Crippen LogP contribution in [0.15, 0.2) is 23.2 Å². The molecule has 0 bridgehead atoms. The number of hydrogen-bond donors (Lipinski definition) is 1. The third-order valence-electron chi connectivity index (χ3n) is 3.73. The summed E-state index contributed by atoms with van der Waals surface area (Å²) in [7, 11) is 1.00. The van der Waals surface area contributed by atoms with E-state index >= 15 is 0 Å². The summed E-state index contributed by atoms with van der Waals surface area (Å²) in [5.41, 5.74) is 7.07. The fourth-order valence-electron chi connectivity index (χ4n) is 2.64. The molecule has 1 saturated carbocycles. The van der Waals surface area contributed by atoms with E-state index in [9.17, 15) is 13.2 Å². The van der Waals surface area contributed by atoms with Crippen molar-refractivity contribution in [1.82, 2.24) is 0 Å². The molecule has 0 radical (unpaired) electrons. The van der Waals surface area contributed by atoms with E-state index in [0.717, 1.165) is 0 Å². The molecule has 2 N–H and O–H groups in total. The number of benzene rings is 1. The number of fused-ring (bicyclic) bond motifs is 1. The maximum Gasteiger partial charge on any atom is 0.154 e. The number of amidine groups is 1. The van der Waals surface area contributed by atoms with Crippen molar-refractivity contribution < 1.29 is 13.2 Å². The largest absolute Gasteiger partial charge is 0.379 e. The van der Waals surface area contributed by atoms with Crippen LogP contribution < -0.4 is 5.73 Å². The van der Waals surface area contributed by atoms with Crippen LogP contribution in [-0.4, -0.2) is 24.8 Å². The van der Waals surface area contributed by atoms with Crippen molar-refractivity contribution in [1.29, 1.82) is 0 Å². The number of hydrogen-bond acceptors (Lipinski definition) is 3. The van der Waals surface area contributed by atoms with Crippen LogP contribution in [0.1, 0.15) is 24.1 Å². The zero-order chi connectivity index (χ0) is 16.9. The van der Waals surface area contributed by atoms with E-state index in [1.165, 1.54) is 6.07 Å². The van der Waals surface area contributed by atoms with Gasteiger partial charge in [0.1, 0.15) is 5.82 Å². The average Bonchev–Trinajstić information content (AvgIpc) is 3.21. The molecule has 1 aromatic rings. The van der Waals surface area contributed by atoms with Crippen molar-refractivity contribution in [3.05, 3.63) is 35.1 Å². The molecule has 0 aromatic heterocycles. The predicted molar refractivity (Wildman–Crippen MR) is 86.8 cm³/mol. The van der Waals surface area contributed by atoms with Gasteiger partial charge in [-0.1, -0.05) is 24.6 Å². The number of nitrogens with zero attached hydrogens (tertiary/aromatic N) is 1. The molecular weight excluding hydrogens is 309 g/mol. The number of rotatable bonds is 1. The zero-order valence-electron chi connectivity index (χ0n) is 12.7. The molecule has 0 amide bonds. The number of halogens is 3. The van der Waals surface area contributed by atoms with Gasteiger partial charge < -0.3 is 5.73 Å². The molecule has 120 valence electrons. The van der Waals surface area contributed by atoms with Gasteiger partial charge in [-0.2, -0.15) is 0 Å². The van der Waals surface area contributed by atoms with Crippen LogP contribution in [0.25, 0.3) is 0 Å². The molecule has 22 heavy (non-hydrogen) atoms. The molecule has 0 spiro atoms. The van der Waals surface area contributed by atoms with Crippen LogP contribution in [0.2, 0.25) is 0 Å². The Labute approximate surface area is 133 Å². The van der Waals surface area contributed by atoms with E-state index in [1.807, 2.05) is 0 Å². The quantitative estimate of drug-likeness (QED) is 0.798. The first-order chi connectivity index (χ1) is 10.6.